The van der Waals surface area contributed by atoms with Crippen LogP contribution in [-0.2, 0) is 0 Å². The number of nitrogens with zero attached hydrogens (tertiary/aromatic N) is 1. The molecule has 0 aliphatic carbocycles. The average molecular weight is 286 g/mol. The number of ether oxygens (including phenoxy) is 2. The van der Waals surface area contributed by atoms with E-state index in [1.165, 1.54) is 0 Å². The fraction of sp³-hybridized carbons (Fsp3) is 0.188. The van der Waals surface area contributed by atoms with Crippen LogP contribution in [0.15, 0.2) is 41.6 Å². The number of amidine groups is 1. The van der Waals surface area contributed by atoms with Gasteiger partial charge >= 0.3 is 0 Å². The van der Waals surface area contributed by atoms with Crippen molar-refractivity contribution in [2.75, 3.05) is 7.11 Å². The van der Waals surface area contributed by atoms with E-state index in [0.29, 0.717) is 22.8 Å². The first kappa shape index (κ1) is 14.7. The van der Waals surface area contributed by atoms with Crippen LogP contribution in [0.5, 0.6) is 17.2 Å². The summed E-state index contributed by atoms with van der Waals surface area (Å²) in [6.45, 7) is 3.87. The third-order valence-corrected chi connectivity index (χ3v) is 3.13. The zero-order valence-corrected chi connectivity index (χ0v) is 12.3. The molecule has 0 spiro atoms. The molecule has 0 aromatic heterocycles. The van der Waals surface area contributed by atoms with Crippen molar-refractivity contribution in [3.05, 3.63) is 53.1 Å². The van der Waals surface area contributed by atoms with Crippen LogP contribution in [-0.4, -0.2) is 18.2 Å². The molecule has 5 nitrogen and oxygen atoms in total. The third-order valence-electron chi connectivity index (χ3n) is 3.13. The monoisotopic (exact) mass is 286 g/mol. The van der Waals surface area contributed by atoms with Crippen molar-refractivity contribution in [3.8, 4) is 17.2 Å². The Labute approximate surface area is 123 Å². The van der Waals surface area contributed by atoms with Gasteiger partial charge in [-0.15, -0.1) is 0 Å². The van der Waals surface area contributed by atoms with Gasteiger partial charge < -0.3 is 20.4 Å². The van der Waals surface area contributed by atoms with E-state index in [1.807, 2.05) is 44.2 Å². The highest BCUT2D eigenvalue weighted by atomic mass is 16.5. The second kappa shape index (κ2) is 6.17. The molecule has 0 bridgehead atoms. The second-order valence-corrected chi connectivity index (χ2v) is 4.69. The summed E-state index contributed by atoms with van der Waals surface area (Å²) in [5, 5.41) is 11.9. The molecule has 0 heterocycles. The Balaban J connectivity index is 2.49. The first-order valence-electron chi connectivity index (χ1n) is 6.46. The molecule has 2 aromatic rings. The quantitative estimate of drug-likeness (QED) is 0.391. The minimum Gasteiger partial charge on any atom is -0.493 e. The molecule has 0 saturated carbocycles. The molecule has 0 fully saturated rings. The molecule has 5 heteroatoms. The topological polar surface area (TPSA) is 77.1 Å². The molecule has 2 aromatic carbocycles. The molecule has 21 heavy (non-hydrogen) atoms. The van der Waals surface area contributed by atoms with Crippen molar-refractivity contribution < 1.29 is 14.7 Å². The molecule has 0 aliphatic heterocycles. The summed E-state index contributed by atoms with van der Waals surface area (Å²) in [5.74, 6) is 1.74. The van der Waals surface area contributed by atoms with E-state index in [1.54, 1.807) is 13.2 Å². The predicted octanol–water partition coefficient (Wildman–Crippen LogP) is 3.20. The van der Waals surface area contributed by atoms with Gasteiger partial charge in [-0.25, -0.2) is 0 Å². The number of aryl methyl sites for hydroxylation is 2. The summed E-state index contributed by atoms with van der Waals surface area (Å²) in [6, 6.07) is 11.1. The van der Waals surface area contributed by atoms with Gasteiger partial charge in [0, 0.05) is 0 Å². The summed E-state index contributed by atoms with van der Waals surface area (Å²) < 4.78 is 11.3. The van der Waals surface area contributed by atoms with Crippen molar-refractivity contribution >= 4 is 5.84 Å². The maximum atomic E-state index is 8.89. The molecular formula is C16H18N2O3. The lowest BCUT2D eigenvalue weighted by atomic mass is 10.1. The number of oxime groups is 1. The van der Waals surface area contributed by atoms with E-state index >= 15 is 0 Å². The first-order chi connectivity index (χ1) is 10.1. The zero-order chi connectivity index (χ0) is 15.4. The summed E-state index contributed by atoms with van der Waals surface area (Å²) in [7, 11) is 1.59. The van der Waals surface area contributed by atoms with Crippen molar-refractivity contribution in [2.45, 2.75) is 13.8 Å². The Kier molecular flexibility index (Phi) is 4.33. The van der Waals surface area contributed by atoms with E-state index in [-0.39, 0.29) is 5.84 Å². The summed E-state index contributed by atoms with van der Waals surface area (Å²) >= 11 is 0. The molecule has 0 unspecified atom stereocenters. The van der Waals surface area contributed by atoms with Crippen molar-refractivity contribution in [3.63, 3.8) is 0 Å². The summed E-state index contributed by atoms with van der Waals surface area (Å²) in [5.41, 5.74) is 8.18. The third kappa shape index (κ3) is 3.08. The van der Waals surface area contributed by atoms with Crippen molar-refractivity contribution in [2.24, 2.45) is 10.9 Å². The van der Waals surface area contributed by atoms with E-state index < -0.39 is 0 Å². The van der Waals surface area contributed by atoms with Gasteiger partial charge in [-0.05, 0) is 43.2 Å². The normalized spacial score (nSPS) is 11.3. The number of benzene rings is 2. The van der Waals surface area contributed by atoms with Crippen LogP contribution in [0.2, 0.25) is 0 Å². The van der Waals surface area contributed by atoms with Crippen LogP contribution in [0.25, 0.3) is 0 Å². The lowest BCUT2D eigenvalue weighted by Gasteiger charge is -2.15. The highest BCUT2D eigenvalue weighted by Crippen LogP contribution is 2.35. The number of para-hydroxylation sites is 1. The Morgan fingerprint density at radius 2 is 1.90 bits per heavy atom. The lowest BCUT2D eigenvalue weighted by Crippen LogP contribution is -2.14. The van der Waals surface area contributed by atoms with Crippen LogP contribution in [0.3, 0.4) is 0 Å². The van der Waals surface area contributed by atoms with E-state index in [9.17, 15) is 0 Å². The average Bonchev–Trinajstić information content (AvgIpc) is 2.49. The van der Waals surface area contributed by atoms with Crippen LogP contribution < -0.4 is 15.2 Å². The van der Waals surface area contributed by atoms with Gasteiger partial charge in [0.1, 0.15) is 5.75 Å². The molecule has 3 N–H and O–H groups in total. The Hall–Kier alpha value is -2.69. The van der Waals surface area contributed by atoms with Crippen molar-refractivity contribution in [1.82, 2.24) is 0 Å². The van der Waals surface area contributed by atoms with Gasteiger partial charge in [0.25, 0.3) is 0 Å². The molecule has 0 atom stereocenters. The second-order valence-electron chi connectivity index (χ2n) is 4.69. The SMILES string of the molecule is COc1cc(C)ccc1Oc1c(C)cccc1/C(N)=N/O. The van der Waals surface area contributed by atoms with Gasteiger partial charge in [0.2, 0.25) is 0 Å². The van der Waals surface area contributed by atoms with E-state index in [2.05, 4.69) is 5.16 Å². The lowest BCUT2D eigenvalue weighted by molar-refractivity contribution is 0.318. The Morgan fingerprint density at radius 3 is 2.57 bits per heavy atom. The van der Waals surface area contributed by atoms with Crippen LogP contribution in [0.4, 0.5) is 0 Å². The molecule has 0 radical (unpaired) electrons. The number of methoxy groups -OCH3 is 1. The minimum absolute atomic E-state index is 0.000205. The standard InChI is InChI=1S/C16H18N2O3/c1-10-7-8-13(14(9-10)20-3)21-15-11(2)5-4-6-12(15)16(17)18-19/h4-9,19H,1-3H3,(H2,17,18). The van der Waals surface area contributed by atoms with Gasteiger partial charge in [-0.1, -0.05) is 23.4 Å². The summed E-state index contributed by atoms with van der Waals surface area (Å²) in [4.78, 5) is 0. The van der Waals surface area contributed by atoms with E-state index in [4.69, 9.17) is 20.4 Å². The highest BCUT2D eigenvalue weighted by molar-refractivity contribution is 6.00. The van der Waals surface area contributed by atoms with Crippen LogP contribution >= 0.6 is 0 Å². The Morgan fingerprint density at radius 1 is 1.14 bits per heavy atom. The number of hydrogen-bond acceptors (Lipinski definition) is 4. The van der Waals surface area contributed by atoms with Gasteiger partial charge in [-0.3, -0.25) is 0 Å². The maximum absolute atomic E-state index is 8.89. The fourth-order valence-electron chi connectivity index (χ4n) is 2.01. The summed E-state index contributed by atoms with van der Waals surface area (Å²) in [6.07, 6.45) is 0. The van der Waals surface area contributed by atoms with Crippen LogP contribution in [0, 0.1) is 13.8 Å². The first-order valence-corrected chi connectivity index (χ1v) is 6.46. The van der Waals surface area contributed by atoms with Gasteiger partial charge in [-0.2, -0.15) is 0 Å². The molecular weight excluding hydrogens is 268 g/mol. The van der Waals surface area contributed by atoms with Gasteiger partial charge in [0.15, 0.2) is 17.3 Å². The largest absolute Gasteiger partial charge is 0.493 e. The smallest absolute Gasteiger partial charge is 0.173 e. The fourth-order valence-corrected chi connectivity index (χ4v) is 2.01. The number of rotatable bonds is 4. The van der Waals surface area contributed by atoms with Crippen molar-refractivity contribution in [1.29, 1.82) is 0 Å². The number of hydrogen-bond donors (Lipinski definition) is 2. The van der Waals surface area contributed by atoms with Crippen LogP contribution in [0.1, 0.15) is 16.7 Å². The minimum atomic E-state index is -0.000205. The highest BCUT2D eigenvalue weighted by Gasteiger charge is 2.14. The molecule has 110 valence electrons. The molecule has 0 amide bonds. The zero-order valence-electron chi connectivity index (χ0n) is 12.3. The maximum Gasteiger partial charge on any atom is 0.173 e. The molecule has 2 rings (SSSR count). The molecule has 0 saturated heterocycles. The van der Waals surface area contributed by atoms with E-state index in [0.717, 1.165) is 11.1 Å². The molecule has 0 aliphatic rings. The van der Waals surface area contributed by atoms with Gasteiger partial charge in [0.05, 0.1) is 12.7 Å². The Bertz CT molecular complexity index is 681. The predicted molar refractivity (Wildman–Crippen MR) is 81.5 cm³/mol. The number of nitrogens with two attached hydrogens (primary N) is 1.